The number of ether oxygens (including phenoxy) is 1. The molecule has 0 aromatic rings. The number of rotatable bonds is 9. The first-order valence-corrected chi connectivity index (χ1v) is 15.5. The maximum Gasteiger partial charge on any atom is 0.306 e. The van der Waals surface area contributed by atoms with Gasteiger partial charge in [0, 0.05) is 5.92 Å². The van der Waals surface area contributed by atoms with Gasteiger partial charge in [-0.2, -0.15) is 0 Å². The Hall–Kier alpha value is -1.12. The standard InChI is InChI=1S/C33H54O3/c1-8-23-17-25-19-29(34)24(18-30(35)36-9-2)20-33(25,7)28-15-16-32(6)26(13-14-27(32)31(23)28)22(5)12-10-11-21(3)4/h19,21-24,26-28,31H,8-18,20H2,1-7H3/t22-,23+,24-,26-,27+,28+,31+,32-,33+/m1/s1. The molecule has 0 spiro atoms. The Morgan fingerprint density at radius 1 is 1.08 bits per heavy atom. The van der Waals surface area contributed by atoms with E-state index < -0.39 is 0 Å². The van der Waals surface area contributed by atoms with Crippen LogP contribution in [0.5, 0.6) is 0 Å². The van der Waals surface area contributed by atoms with Crippen molar-refractivity contribution in [2.45, 2.75) is 119 Å². The van der Waals surface area contributed by atoms with Crippen molar-refractivity contribution in [3.63, 3.8) is 0 Å². The first-order chi connectivity index (χ1) is 17.0. The third-order valence-electron chi connectivity index (χ3n) is 11.7. The van der Waals surface area contributed by atoms with E-state index in [1.54, 1.807) is 0 Å². The van der Waals surface area contributed by atoms with E-state index in [2.05, 4.69) is 41.5 Å². The lowest BCUT2D eigenvalue weighted by Gasteiger charge is -2.61. The molecule has 4 aliphatic carbocycles. The lowest BCUT2D eigenvalue weighted by Crippen LogP contribution is -2.54. The summed E-state index contributed by atoms with van der Waals surface area (Å²) in [6, 6.07) is 0. The summed E-state index contributed by atoms with van der Waals surface area (Å²) in [5, 5.41) is 0. The van der Waals surface area contributed by atoms with Crippen molar-refractivity contribution in [1.29, 1.82) is 0 Å². The Labute approximate surface area is 221 Å². The number of allylic oxidation sites excluding steroid dienone is 1. The Balaban J connectivity index is 1.56. The second kappa shape index (κ2) is 10.9. The van der Waals surface area contributed by atoms with Gasteiger partial charge in [0.15, 0.2) is 5.78 Å². The number of esters is 1. The predicted molar refractivity (Wildman–Crippen MR) is 147 cm³/mol. The Bertz CT molecular complexity index is 842. The minimum absolute atomic E-state index is 0.0592. The first kappa shape index (κ1) is 27.9. The molecule has 0 aromatic carbocycles. The van der Waals surface area contributed by atoms with Crippen molar-refractivity contribution >= 4 is 11.8 Å². The lowest BCUT2D eigenvalue weighted by atomic mass is 9.43. The number of ketones is 1. The van der Waals surface area contributed by atoms with Gasteiger partial charge in [-0.05, 0) is 104 Å². The number of carbonyl (C=O) groups is 2. The molecule has 0 aromatic heterocycles. The first-order valence-electron chi connectivity index (χ1n) is 15.5. The van der Waals surface area contributed by atoms with Crippen molar-refractivity contribution < 1.29 is 14.3 Å². The second-order valence-electron chi connectivity index (χ2n) is 14.1. The van der Waals surface area contributed by atoms with E-state index >= 15 is 0 Å². The van der Waals surface area contributed by atoms with Gasteiger partial charge in [0.25, 0.3) is 0 Å². The summed E-state index contributed by atoms with van der Waals surface area (Å²) in [5.41, 5.74) is 1.93. The molecule has 3 saturated carbocycles. The average Bonchev–Trinajstić information content (AvgIpc) is 3.16. The van der Waals surface area contributed by atoms with E-state index in [1.807, 2.05) is 13.0 Å². The van der Waals surface area contributed by atoms with E-state index in [-0.39, 0.29) is 29.5 Å². The highest BCUT2D eigenvalue weighted by molar-refractivity contribution is 5.95. The molecule has 0 bridgehead atoms. The van der Waals surface area contributed by atoms with Crippen molar-refractivity contribution in [3.05, 3.63) is 11.6 Å². The molecule has 4 aliphatic rings. The van der Waals surface area contributed by atoms with E-state index in [0.29, 0.717) is 23.9 Å². The van der Waals surface area contributed by atoms with E-state index in [4.69, 9.17) is 4.74 Å². The lowest BCUT2D eigenvalue weighted by molar-refractivity contribution is -0.147. The van der Waals surface area contributed by atoms with Crippen LogP contribution in [0.4, 0.5) is 0 Å². The highest BCUT2D eigenvalue weighted by Crippen LogP contribution is 2.69. The van der Waals surface area contributed by atoms with Gasteiger partial charge in [-0.25, -0.2) is 0 Å². The van der Waals surface area contributed by atoms with Crippen molar-refractivity contribution in [3.8, 4) is 0 Å². The van der Waals surface area contributed by atoms with Crippen LogP contribution in [0.3, 0.4) is 0 Å². The summed E-state index contributed by atoms with van der Waals surface area (Å²) >= 11 is 0. The van der Waals surface area contributed by atoms with Crippen LogP contribution in [-0.2, 0) is 14.3 Å². The van der Waals surface area contributed by atoms with Gasteiger partial charge < -0.3 is 4.74 Å². The molecular weight excluding hydrogens is 444 g/mol. The molecule has 0 aliphatic heterocycles. The van der Waals surface area contributed by atoms with Gasteiger partial charge in [0.05, 0.1) is 13.0 Å². The van der Waals surface area contributed by atoms with E-state index in [0.717, 1.165) is 42.4 Å². The van der Waals surface area contributed by atoms with Gasteiger partial charge in [-0.3, -0.25) is 9.59 Å². The zero-order valence-corrected chi connectivity index (χ0v) is 24.4. The molecule has 0 unspecified atom stereocenters. The van der Waals surface area contributed by atoms with Gasteiger partial charge in [-0.15, -0.1) is 0 Å². The Kier molecular flexibility index (Phi) is 8.47. The minimum atomic E-state index is -0.212. The van der Waals surface area contributed by atoms with E-state index in [9.17, 15) is 9.59 Å². The van der Waals surface area contributed by atoms with Gasteiger partial charge in [-0.1, -0.05) is 72.8 Å². The fourth-order valence-electron chi connectivity index (χ4n) is 9.93. The highest BCUT2D eigenvalue weighted by Gasteiger charge is 2.62. The van der Waals surface area contributed by atoms with Crippen LogP contribution in [0.1, 0.15) is 119 Å². The third kappa shape index (κ3) is 4.98. The van der Waals surface area contributed by atoms with Crippen LogP contribution in [0, 0.1) is 58.2 Å². The molecule has 204 valence electrons. The molecule has 3 nitrogen and oxygen atoms in total. The van der Waals surface area contributed by atoms with Gasteiger partial charge in [0.2, 0.25) is 0 Å². The van der Waals surface area contributed by atoms with Gasteiger partial charge in [0.1, 0.15) is 0 Å². The second-order valence-corrected chi connectivity index (χ2v) is 14.1. The zero-order chi connectivity index (χ0) is 26.3. The van der Waals surface area contributed by atoms with Crippen LogP contribution in [0.2, 0.25) is 0 Å². The summed E-state index contributed by atoms with van der Waals surface area (Å²) in [4.78, 5) is 25.4. The molecule has 3 fully saturated rings. The summed E-state index contributed by atoms with van der Waals surface area (Å²) in [7, 11) is 0. The monoisotopic (exact) mass is 498 g/mol. The van der Waals surface area contributed by atoms with Crippen LogP contribution in [0.25, 0.3) is 0 Å². The predicted octanol–water partition coefficient (Wildman–Crippen LogP) is 8.41. The molecule has 4 rings (SSSR count). The molecule has 0 radical (unpaired) electrons. The van der Waals surface area contributed by atoms with Crippen LogP contribution in [-0.4, -0.2) is 18.4 Å². The highest BCUT2D eigenvalue weighted by atomic mass is 16.5. The Morgan fingerprint density at radius 3 is 2.50 bits per heavy atom. The smallest absolute Gasteiger partial charge is 0.306 e. The molecule has 3 heteroatoms. The average molecular weight is 499 g/mol. The quantitative estimate of drug-likeness (QED) is 0.300. The summed E-state index contributed by atoms with van der Waals surface area (Å²) in [6.07, 6.45) is 14.9. The zero-order valence-electron chi connectivity index (χ0n) is 24.4. The van der Waals surface area contributed by atoms with Crippen LogP contribution in [0.15, 0.2) is 11.6 Å². The minimum Gasteiger partial charge on any atom is -0.466 e. The van der Waals surface area contributed by atoms with Crippen molar-refractivity contribution in [2.24, 2.45) is 58.2 Å². The summed E-state index contributed by atoms with van der Waals surface area (Å²) < 4.78 is 5.24. The number of hydrogen-bond acceptors (Lipinski definition) is 3. The molecule has 9 atom stereocenters. The summed E-state index contributed by atoms with van der Waals surface area (Å²) in [6.45, 7) is 17.0. The third-order valence-corrected chi connectivity index (χ3v) is 11.7. The number of hydrogen-bond donors (Lipinski definition) is 0. The van der Waals surface area contributed by atoms with E-state index in [1.165, 1.54) is 56.9 Å². The summed E-state index contributed by atoms with van der Waals surface area (Å²) in [5.74, 6) is 5.17. The maximum atomic E-state index is 13.1. The van der Waals surface area contributed by atoms with Crippen LogP contribution >= 0.6 is 0 Å². The number of fused-ring (bicyclic) bond motifs is 5. The number of carbonyl (C=O) groups excluding carboxylic acids is 2. The van der Waals surface area contributed by atoms with Crippen molar-refractivity contribution in [1.82, 2.24) is 0 Å². The molecular formula is C33H54O3. The maximum absolute atomic E-state index is 13.1. The van der Waals surface area contributed by atoms with Crippen molar-refractivity contribution in [2.75, 3.05) is 6.61 Å². The van der Waals surface area contributed by atoms with Crippen LogP contribution < -0.4 is 0 Å². The fourth-order valence-corrected chi connectivity index (χ4v) is 9.93. The SMILES string of the molecule is CCOC(=O)C[C@@H]1C[C@@]2(C)C(=CC1=O)C[C@H](CC)[C@H]1[C@@H]3CC[C@H]([C@H](C)CCCC(C)C)[C@@]3(C)CC[C@@H]12. The Morgan fingerprint density at radius 2 is 1.83 bits per heavy atom. The molecule has 0 heterocycles. The van der Waals surface area contributed by atoms with Gasteiger partial charge >= 0.3 is 5.97 Å². The fraction of sp³-hybridized carbons (Fsp3) is 0.879. The topological polar surface area (TPSA) is 43.4 Å². The molecule has 0 N–H and O–H groups in total. The molecule has 36 heavy (non-hydrogen) atoms. The largest absolute Gasteiger partial charge is 0.466 e. The normalized spacial score (nSPS) is 40.8. The molecule has 0 amide bonds. The molecule has 0 saturated heterocycles.